The number of unbranched alkanes of at least 4 members (excludes halogenated alkanes) is 4. The van der Waals surface area contributed by atoms with Crippen molar-refractivity contribution in [3.8, 4) is 0 Å². The first-order chi connectivity index (χ1) is 13.5. The topological polar surface area (TPSA) is 33.1 Å². The molecule has 1 aromatic heterocycles. The Balaban J connectivity index is 0.000000892. The van der Waals surface area contributed by atoms with Crippen LogP contribution < -0.4 is 0 Å². The molecule has 0 spiro atoms. The molecule has 2 aromatic rings. The zero-order valence-electron chi connectivity index (χ0n) is 16.2. The fourth-order valence-electron chi connectivity index (χ4n) is 2.81. The third-order valence-corrected chi connectivity index (χ3v) is 4.22. The van der Waals surface area contributed by atoms with Crippen LogP contribution in [0.1, 0.15) is 56.6 Å². The summed E-state index contributed by atoms with van der Waals surface area (Å²) < 4.78 is 0. The van der Waals surface area contributed by atoms with Crippen LogP contribution in [0.4, 0.5) is 0 Å². The Morgan fingerprint density at radius 1 is 1.04 bits per heavy atom. The third-order valence-electron chi connectivity index (χ3n) is 4.22. The van der Waals surface area contributed by atoms with E-state index < -0.39 is 21.3 Å². The molecule has 6 heteroatoms. The van der Waals surface area contributed by atoms with Crippen LogP contribution in [0.25, 0.3) is 5.57 Å². The second-order valence-electron chi connectivity index (χ2n) is 6.37. The van der Waals surface area contributed by atoms with Gasteiger partial charge in [0.05, 0.1) is 0 Å². The molecule has 1 heterocycles. The van der Waals surface area contributed by atoms with E-state index in [2.05, 4.69) is 30.1 Å². The molecule has 2 rings (SSSR count). The Bertz CT molecular complexity index is 651. The monoisotopic (exact) mass is 608 g/mol. The van der Waals surface area contributed by atoms with E-state index in [-0.39, 0.29) is 0 Å². The summed E-state index contributed by atoms with van der Waals surface area (Å²) in [6.45, 7) is 2.22. The van der Waals surface area contributed by atoms with Crippen LogP contribution >= 0.6 is 27.6 Å². The minimum atomic E-state index is -2.18. The molecule has 0 saturated heterocycles. The van der Waals surface area contributed by atoms with Gasteiger partial charge in [-0.3, -0.25) is 11.1 Å². The average Bonchev–Trinajstić information content (AvgIpc) is 2.70. The number of hydrogen-bond donors (Lipinski definition) is 1. The Morgan fingerprint density at radius 3 is 2.29 bits per heavy atom. The average molecular weight is 610 g/mol. The van der Waals surface area contributed by atoms with Gasteiger partial charge in [0.2, 0.25) is 0 Å². The number of rotatable bonds is 10. The van der Waals surface area contributed by atoms with Gasteiger partial charge in [-0.15, -0.1) is 18.6 Å². The molecule has 1 unspecified atom stereocenters. The number of halogens is 3. The maximum absolute atomic E-state index is 10.7. The van der Waals surface area contributed by atoms with Gasteiger partial charge in [-0.2, -0.15) is 11.1 Å². The van der Waals surface area contributed by atoms with Crippen LogP contribution in [0.15, 0.2) is 54.9 Å². The van der Waals surface area contributed by atoms with Crippen molar-refractivity contribution < 1.29 is 20.3 Å². The molecule has 154 valence electrons. The summed E-state index contributed by atoms with van der Waals surface area (Å²) in [6, 6.07) is 14.2. The summed E-state index contributed by atoms with van der Waals surface area (Å²) in [4.78, 5) is 4.08. The first kappa shape index (κ1) is 25.7. The van der Waals surface area contributed by atoms with Crippen molar-refractivity contribution in [1.29, 1.82) is 0 Å². The fraction of sp³-hybridized carbons (Fsp3) is 0.409. The first-order valence-corrected chi connectivity index (χ1v) is 21.5. The SMILES string of the molecule is CCCCCC[C-]=C(c1ccncc1)C(O)CCc1ccccc1.[Cl][Ta]([Cl])[Cl]. The number of aryl methyl sites for hydroxylation is 1. The number of aromatic nitrogens is 1. The predicted octanol–water partition coefficient (Wildman–Crippen LogP) is 7.30. The van der Waals surface area contributed by atoms with Crippen LogP contribution in [0.3, 0.4) is 0 Å². The van der Waals surface area contributed by atoms with Crippen molar-refractivity contribution in [1.82, 2.24) is 4.98 Å². The van der Waals surface area contributed by atoms with Gasteiger partial charge in [0.25, 0.3) is 0 Å². The second kappa shape index (κ2) is 16.5. The summed E-state index contributed by atoms with van der Waals surface area (Å²) in [5.74, 6) is 0. The van der Waals surface area contributed by atoms with Crippen LogP contribution in [-0.2, 0) is 21.6 Å². The standard InChI is InChI=1S/C22H28NO.3ClH.Ta/c1-2-3-4-5-9-12-21(20-15-17-23-18-16-20)22(24)14-13-19-10-7-6-8-11-19;;;;/h6-8,10-11,15-18,22,24H,2-5,9,13-14H2,1H3;3*1H;/q-1;;;;+3/p-3. The summed E-state index contributed by atoms with van der Waals surface area (Å²) in [6.07, 6.45) is 13.9. The number of hydrogen-bond acceptors (Lipinski definition) is 2. The molecule has 0 saturated carbocycles. The van der Waals surface area contributed by atoms with E-state index in [1.54, 1.807) is 12.4 Å². The van der Waals surface area contributed by atoms with Crippen molar-refractivity contribution in [2.24, 2.45) is 0 Å². The van der Waals surface area contributed by atoms with Gasteiger partial charge >= 0.3 is 42.8 Å². The van der Waals surface area contributed by atoms with Gasteiger partial charge in [0.15, 0.2) is 0 Å². The van der Waals surface area contributed by atoms with Crippen molar-refractivity contribution in [3.63, 3.8) is 0 Å². The van der Waals surface area contributed by atoms with E-state index >= 15 is 0 Å². The van der Waals surface area contributed by atoms with E-state index in [4.69, 9.17) is 27.6 Å². The van der Waals surface area contributed by atoms with Gasteiger partial charge in [-0.05, 0) is 18.4 Å². The van der Waals surface area contributed by atoms with Gasteiger partial charge < -0.3 is 5.11 Å². The van der Waals surface area contributed by atoms with E-state index in [0.717, 1.165) is 30.4 Å². The van der Waals surface area contributed by atoms with Crippen LogP contribution in [0.5, 0.6) is 0 Å². The summed E-state index contributed by atoms with van der Waals surface area (Å²) in [5.41, 5.74) is 3.21. The summed E-state index contributed by atoms with van der Waals surface area (Å²) >= 11 is -2.18. The molecule has 2 nitrogen and oxygen atoms in total. The van der Waals surface area contributed by atoms with Crippen LogP contribution in [-0.4, -0.2) is 16.2 Å². The van der Waals surface area contributed by atoms with Crippen LogP contribution in [0, 0.1) is 6.08 Å². The molecule has 1 aromatic carbocycles. The Morgan fingerprint density at radius 2 is 1.68 bits per heavy atom. The molecule has 1 N–H and O–H groups in total. The molecular formula is C22H28Cl3NOTa-. The predicted molar refractivity (Wildman–Crippen MR) is 118 cm³/mol. The normalized spacial score (nSPS) is 12.4. The zero-order chi connectivity index (χ0) is 20.6. The van der Waals surface area contributed by atoms with E-state index in [9.17, 15) is 5.11 Å². The molecular weight excluding hydrogens is 582 g/mol. The van der Waals surface area contributed by atoms with E-state index in [1.807, 2.05) is 30.3 Å². The van der Waals surface area contributed by atoms with Gasteiger partial charge in [-0.1, -0.05) is 62.9 Å². The fourth-order valence-corrected chi connectivity index (χ4v) is 2.81. The van der Waals surface area contributed by atoms with Crippen molar-refractivity contribution in [2.45, 2.75) is 58.0 Å². The first-order valence-electron chi connectivity index (χ1n) is 9.55. The van der Waals surface area contributed by atoms with Gasteiger partial charge in [0, 0.05) is 18.5 Å². The number of pyridine rings is 1. The molecule has 28 heavy (non-hydrogen) atoms. The van der Waals surface area contributed by atoms with Crippen molar-refractivity contribution in [3.05, 3.63) is 72.1 Å². The van der Waals surface area contributed by atoms with Crippen LogP contribution in [0.2, 0.25) is 0 Å². The molecule has 0 radical (unpaired) electrons. The molecule has 0 amide bonds. The summed E-state index contributed by atoms with van der Waals surface area (Å²) in [5, 5.41) is 10.7. The van der Waals surface area contributed by atoms with E-state index in [0.29, 0.717) is 6.42 Å². The second-order valence-corrected chi connectivity index (χ2v) is 20.3. The molecule has 1 atom stereocenters. The van der Waals surface area contributed by atoms with Crippen molar-refractivity contribution >= 4 is 33.1 Å². The Kier molecular flexibility index (Phi) is 15.1. The number of allylic oxidation sites excluding steroid dienone is 1. The number of nitrogens with zero attached hydrogens (tertiary/aromatic N) is 1. The maximum atomic E-state index is 10.7. The number of aliphatic hydroxyl groups is 1. The molecule has 0 aliphatic carbocycles. The number of benzene rings is 1. The zero-order valence-corrected chi connectivity index (χ0v) is 21.7. The molecule has 0 fully saturated rings. The van der Waals surface area contributed by atoms with Gasteiger partial charge in [0.1, 0.15) is 0 Å². The summed E-state index contributed by atoms with van der Waals surface area (Å²) in [7, 11) is 15.0. The van der Waals surface area contributed by atoms with E-state index in [1.165, 1.54) is 24.8 Å². The Hall–Kier alpha value is -0.320. The molecule has 0 bridgehead atoms. The number of aliphatic hydroxyl groups excluding tert-OH is 1. The molecule has 0 aliphatic heterocycles. The van der Waals surface area contributed by atoms with Crippen molar-refractivity contribution in [2.75, 3.05) is 0 Å². The minimum absolute atomic E-state index is 0.487. The third kappa shape index (κ3) is 12.3. The van der Waals surface area contributed by atoms with Gasteiger partial charge in [-0.25, -0.2) is 0 Å². The Labute approximate surface area is 187 Å². The quantitative estimate of drug-likeness (QED) is 0.227. The molecule has 0 aliphatic rings.